The van der Waals surface area contributed by atoms with E-state index in [1.807, 2.05) is 0 Å². The molecular weight excluding hydrogens is 330 g/mol. The van der Waals surface area contributed by atoms with E-state index in [9.17, 15) is 4.79 Å². The number of ether oxygens (including phenoxy) is 1. The second-order valence-corrected chi connectivity index (χ2v) is 7.41. The maximum absolute atomic E-state index is 11.3. The molecule has 1 saturated heterocycles. The maximum Gasteiger partial charge on any atom is 0.221 e. The van der Waals surface area contributed by atoms with Crippen LogP contribution in [0.15, 0.2) is 4.99 Å². The Morgan fingerprint density at radius 2 is 2.15 bits per heavy atom. The fourth-order valence-corrected chi connectivity index (χ4v) is 3.02. The molecule has 0 spiro atoms. The minimum atomic E-state index is -0.160. The first-order valence-electron chi connectivity index (χ1n) is 10.1. The molecule has 0 radical (unpaired) electrons. The summed E-state index contributed by atoms with van der Waals surface area (Å²) in [6, 6.07) is 0. The van der Waals surface area contributed by atoms with E-state index in [0.29, 0.717) is 5.92 Å². The molecule has 0 saturated carbocycles. The van der Waals surface area contributed by atoms with E-state index >= 15 is 0 Å². The van der Waals surface area contributed by atoms with Crippen LogP contribution in [0.25, 0.3) is 0 Å². The van der Waals surface area contributed by atoms with Gasteiger partial charge in [0.05, 0.1) is 5.92 Å². The highest BCUT2D eigenvalue weighted by atomic mass is 16.5. The van der Waals surface area contributed by atoms with Gasteiger partial charge in [-0.2, -0.15) is 0 Å². The lowest BCUT2D eigenvalue weighted by Crippen LogP contribution is -2.43. The number of nitrogens with two attached hydrogens (primary N) is 1. The van der Waals surface area contributed by atoms with E-state index in [2.05, 4.69) is 41.3 Å². The smallest absolute Gasteiger partial charge is 0.221 e. The summed E-state index contributed by atoms with van der Waals surface area (Å²) in [5.41, 5.74) is 5.44. The lowest BCUT2D eigenvalue weighted by molar-refractivity contribution is -0.123. The number of hydrogen-bond donors (Lipinski definition) is 3. The van der Waals surface area contributed by atoms with Crippen LogP contribution >= 0.6 is 0 Å². The molecular formula is C19H39N5O2. The van der Waals surface area contributed by atoms with Crippen LogP contribution in [0.3, 0.4) is 0 Å². The topological polar surface area (TPSA) is 92.0 Å². The summed E-state index contributed by atoms with van der Waals surface area (Å²) in [7, 11) is 0. The summed E-state index contributed by atoms with van der Waals surface area (Å²) in [5.74, 6) is 1.31. The van der Waals surface area contributed by atoms with Crippen molar-refractivity contribution in [3.63, 3.8) is 0 Å². The molecule has 0 aromatic heterocycles. The number of guanidine groups is 1. The van der Waals surface area contributed by atoms with Gasteiger partial charge in [0, 0.05) is 39.4 Å². The van der Waals surface area contributed by atoms with Crippen LogP contribution in [0, 0.1) is 11.8 Å². The zero-order valence-electron chi connectivity index (χ0n) is 16.9. The normalized spacial score (nSPS) is 18.9. The van der Waals surface area contributed by atoms with Crippen molar-refractivity contribution in [2.75, 3.05) is 52.5 Å². The number of rotatable bonds is 12. The summed E-state index contributed by atoms with van der Waals surface area (Å²) >= 11 is 0. The van der Waals surface area contributed by atoms with E-state index in [4.69, 9.17) is 10.5 Å². The van der Waals surface area contributed by atoms with E-state index in [-0.39, 0.29) is 11.8 Å². The summed E-state index contributed by atoms with van der Waals surface area (Å²) in [6.07, 6.45) is 3.95. The highest BCUT2D eigenvalue weighted by Gasteiger charge is 2.23. The summed E-state index contributed by atoms with van der Waals surface area (Å²) in [5, 5.41) is 6.66. The van der Waals surface area contributed by atoms with Crippen LogP contribution in [0.4, 0.5) is 0 Å². The predicted octanol–water partition coefficient (Wildman–Crippen LogP) is 1.19. The van der Waals surface area contributed by atoms with Crippen molar-refractivity contribution in [3.8, 4) is 0 Å². The Balaban J connectivity index is 2.18. The van der Waals surface area contributed by atoms with Crippen molar-refractivity contribution >= 4 is 11.9 Å². The van der Waals surface area contributed by atoms with E-state index in [1.54, 1.807) is 0 Å². The van der Waals surface area contributed by atoms with Gasteiger partial charge in [-0.15, -0.1) is 0 Å². The van der Waals surface area contributed by atoms with Crippen molar-refractivity contribution in [2.24, 2.45) is 22.6 Å². The number of piperidine rings is 1. The number of nitrogens with zero attached hydrogens (tertiary/aromatic N) is 2. The lowest BCUT2D eigenvalue weighted by atomic mass is 9.97. The molecule has 152 valence electrons. The Hall–Kier alpha value is -1.34. The molecule has 0 bridgehead atoms. The van der Waals surface area contributed by atoms with Crippen molar-refractivity contribution in [1.82, 2.24) is 15.5 Å². The number of aliphatic imine (C=N–C) groups is 1. The van der Waals surface area contributed by atoms with Gasteiger partial charge in [0.2, 0.25) is 5.91 Å². The van der Waals surface area contributed by atoms with Gasteiger partial charge < -0.3 is 26.0 Å². The van der Waals surface area contributed by atoms with Gasteiger partial charge in [-0.05, 0) is 51.6 Å². The third-order valence-electron chi connectivity index (χ3n) is 4.36. The molecule has 1 rings (SSSR count). The van der Waals surface area contributed by atoms with Crippen molar-refractivity contribution in [2.45, 2.75) is 46.5 Å². The molecule has 1 unspecified atom stereocenters. The van der Waals surface area contributed by atoms with Crippen molar-refractivity contribution in [1.29, 1.82) is 0 Å². The van der Waals surface area contributed by atoms with E-state index in [1.165, 1.54) is 0 Å². The van der Waals surface area contributed by atoms with Crippen LogP contribution in [-0.2, 0) is 9.53 Å². The average Bonchev–Trinajstić information content (AvgIpc) is 2.61. The first kappa shape index (κ1) is 22.7. The molecule has 1 fully saturated rings. The largest absolute Gasteiger partial charge is 0.381 e. The zero-order chi connectivity index (χ0) is 19.2. The third-order valence-corrected chi connectivity index (χ3v) is 4.36. The van der Waals surface area contributed by atoms with Crippen molar-refractivity contribution < 1.29 is 9.53 Å². The Morgan fingerprint density at radius 3 is 2.85 bits per heavy atom. The molecule has 0 aromatic rings. The minimum Gasteiger partial charge on any atom is -0.381 e. The highest BCUT2D eigenvalue weighted by Crippen LogP contribution is 2.15. The highest BCUT2D eigenvalue weighted by molar-refractivity contribution is 5.79. The number of hydrogen-bond acceptors (Lipinski definition) is 4. The summed E-state index contributed by atoms with van der Waals surface area (Å²) in [4.78, 5) is 18.3. The van der Waals surface area contributed by atoms with Crippen LogP contribution in [0.1, 0.15) is 46.5 Å². The molecule has 1 atom stereocenters. The second kappa shape index (κ2) is 13.8. The molecule has 0 aromatic carbocycles. The Morgan fingerprint density at radius 1 is 1.35 bits per heavy atom. The monoisotopic (exact) mass is 369 g/mol. The molecule has 1 heterocycles. The van der Waals surface area contributed by atoms with Crippen molar-refractivity contribution in [3.05, 3.63) is 0 Å². The average molecular weight is 370 g/mol. The van der Waals surface area contributed by atoms with E-state index < -0.39 is 0 Å². The summed E-state index contributed by atoms with van der Waals surface area (Å²) in [6.45, 7) is 13.3. The molecule has 7 heteroatoms. The number of amides is 1. The van der Waals surface area contributed by atoms with Gasteiger partial charge in [0.1, 0.15) is 0 Å². The quantitative estimate of drug-likeness (QED) is 0.273. The lowest BCUT2D eigenvalue weighted by Gasteiger charge is -2.31. The first-order chi connectivity index (χ1) is 12.5. The minimum absolute atomic E-state index is 0.0218. The van der Waals surface area contributed by atoms with E-state index in [0.717, 1.165) is 84.1 Å². The number of primary amides is 1. The molecule has 4 N–H and O–H groups in total. The first-order valence-corrected chi connectivity index (χ1v) is 10.1. The number of likely N-dealkylation sites (tertiary alicyclic amines) is 1. The molecule has 1 aliphatic heterocycles. The second-order valence-electron chi connectivity index (χ2n) is 7.41. The number of carbonyl (C=O) groups excluding carboxylic acids is 1. The SMILES string of the molecule is CCNC(=NCCCOCC(C)C)NCCCN1CCCC(C(N)=O)C1. The predicted molar refractivity (Wildman–Crippen MR) is 107 cm³/mol. The van der Waals surface area contributed by atoms with Gasteiger partial charge in [-0.25, -0.2) is 0 Å². The van der Waals surface area contributed by atoms with Crippen LogP contribution < -0.4 is 16.4 Å². The zero-order valence-corrected chi connectivity index (χ0v) is 16.9. The molecule has 1 aliphatic rings. The fraction of sp³-hybridized carbons (Fsp3) is 0.895. The summed E-state index contributed by atoms with van der Waals surface area (Å²) < 4.78 is 5.58. The van der Waals surface area contributed by atoms with Crippen LogP contribution in [-0.4, -0.2) is 69.2 Å². The Labute approximate surface area is 159 Å². The van der Waals surface area contributed by atoms with Crippen LogP contribution in [0.5, 0.6) is 0 Å². The van der Waals surface area contributed by atoms with Gasteiger partial charge >= 0.3 is 0 Å². The fourth-order valence-electron chi connectivity index (χ4n) is 3.02. The standard InChI is InChI=1S/C19H39N5O2/c1-4-21-19(23-10-7-13-26-15-16(2)3)22-9-6-12-24-11-5-8-17(14-24)18(20)25/h16-17H,4-15H2,1-3H3,(H2,20,25)(H2,21,22,23). The molecule has 26 heavy (non-hydrogen) atoms. The van der Waals surface area contributed by atoms with Gasteiger partial charge in [-0.1, -0.05) is 13.8 Å². The third kappa shape index (κ3) is 10.6. The molecule has 0 aliphatic carbocycles. The molecule has 7 nitrogen and oxygen atoms in total. The molecule has 1 amide bonds. The van der Waals surface area contributed by atoms with Gasteiger partial charge in [0.15, 0.2) is 5.96 Å². The number of nitrogens with one attached hydrogen (secondary N) is 2. The Bertz CT molecular complexity index is 415. The maximum atomic E-state index is 11.3. The van der Waals surface area contributed by atoms with Gasteiger partial charge in [0.25, 0.3) is 0 Å². The Kier molecular flexibility index (Phi) is 12.1. The van der Waals surface area contributed by atoms with Gasteiger partial charge in [-0.3, -0.25) is 9.79 Å². The van der Waals surface area contributed by atoms with Crippen LogP contribution in [0.2, 0.25) is 0 Å². The number of carbonyl (C=O) groups is 1.